The lowest BCUT2D eigenvalue weighted by molar-refractivity contribution is 0.151. The lowest BCUT2D eigenvalue weighted by Crippen LogP contribution is -2.45. The fourth-order valence-electron chi connectivity index (χ4n) is 5.58. The average molecular weight is 434 g/mol. The Morgan fingerprint density at radius 2 is 1.72 bits per heavy atom. The molecular formula is C26H28FN3O2. The topological polar surface area (TPSA) is 58.1 Å². The van der Waals surface area contributed by atoms with Crippen molar-refractivity contribution in [1.29, 1.82) is 0 Å². The molecule has 0 atom stereocenters. The van der Waals surface area contributed by atoms with E-state index in [1.54, 1.807) is 10.6 Å². The lowest BCUT2D eigenvalue weighted by atomic mass is 9.74. The van der Waals surface area contributed by atoms with E-state index in [4.69, 9.17) is 0 Å². The summed E-state index contributed by atoms with van der Waals surface area (Å²) < 4.78 is 16.1. The van der Waals surface area contributed by atoms with Crippen molar-refractivity contribution < 1.29 is 4.39 Å². The highest BCUT2D eigenvalue weighted by atomic mass is 19.1. The van der Waals surface area contributed by atoms with Gasteiger partial charge in [0.2, 0.25) is 0 Å². The molecule has 1 saturated heterocycles. The van der Waals surface area contributed by atoms with Crippen molar-refractivity contribution in [1.82, 2.24) is 14.5 Å². The van der Waals surface area contributed by atoms with Crippen molar-refractivity contribution in [2.75, 3.05) is 13.1 Å². The van der Waals surface area contributed by atoms with Crippen LogP contribution in [0.15, 0.2) is 58.1 Å². The Morgan fingerprint density at radius 3 is 2.44 bits per heavy atom. The molecule has 5 rings (SSSR count). The van der Waals surface area contributed by atoms with Crippen molar-refractivity contribution in [2.24, 2.45) is 0 Å². The number of hydrogen-bond acceptors (Lipinski definition) is 3. The van der Waals surface area contributed by atoms with Crippen LogP contribution in [0.2, 0.25) is 0 Å². The summed E-state index contributed by atoms with van der Waals surface area (Å²) in [4.78, 5) is 30.7. The number of likely N-dealkylation sites (tertiary alicyclic amines) is 1. The van der Waals surface area contributed by atoms with Gasteiger partial charge in [0.25, 0.3) is 5.56 Å². The number of nitrogens with one attached hydrogen (secondary N) is 1. The highest BCUT2D eigenvalue weighted by Gasteiger charge is 2.44. The molecule has 0 bridgehead atoms. The Morgan fingerprint density at radius 1 is 0.969 bits per heavy atom. The molecule has 2 aromatic carbocycles. The molecule has 1 spiro atoms. The van der Waals surface area contributed by atoms with Crippen molar-refractivity contribution in [3.05, 3.63) is 103 Å². The van der Waals surface area contributed by atoms with E-state index in [1.165, 1.54) is 11.6 Å². The van der Waals surface area contributed by atoms with Gasteiger partial charge in [0, 0.05) is 28.8 Å². The average Bonchev–Trinajstić information content (AvgIpc) is 3.14. The Hall–Kier alpha value is -2.99. The molecule has 0 unspecified atom stereocenters. The van der Waals surface area contributed by atoms with Gasteiger partial charge in [0.1, 0.15) is 5.82 Å². The first-order valence-corrected chi connectivity index (χ1v) is 11.3. The van der Waals surface area contributed by atoms with Gasteiger partial charge in [-0.05, 0) is 62.9 Å². The Bertz CT molecular complexity index is 1230. The molecule has 6 heteroatoms. The van der Waals surface area contributed by atoms with Gasteiger partial charge < -0.3 is 0 Å². The molecule has 2 heterocycles. The van der Waals surface area contributed by atoms with Gasteiger partial charge in [0.05, 0.1) is 6.54 Å². The molecule has 3 aromatic rings. The van der Waals surface area contributed by atoms with E-state index in [9.17, 15) is 14.0 Å². The maximum Gasteiger partial charge on any atom is 0.328 e. The van der Waals surface area contributed by atoms with E-state index in [2.05, 4.69) is 34.1 Å². The van der Waals surface area contributed by atoms with Gasteiger partial charge in [-0.3, -0.25) is 19.2 Å². The predicted molar refractivity (Wildman–Crippen MR) is 123 cm³/mol. The van der Waals surface area contributed by atoms with E-state index in [1.807, 2.05) is 19.1 Å². The molecule has 166 valence electrons. The van der Waals surface area contributed by atoms with Gasteiger partial charge in [0.15, 0.2) is 0 Å². The summed E-state index contributed by atoms with van der Waals surface area (Å²) in [6, 6.07) is 15.4. The van der Waals surface area contributed by atoms with E-state index >= 15 is 0 Å². The van der Waals surface area contributed by atoms with Gasteiger partial charge in [-0.25, -0.2) is 9.18 Å². The quantitative estimate of drug-likeness (QED) is 0.685. The maximum absolute atomic E-state index is 14.5. The fourth-order valence-corrected chi connectivity index (χ4v) is 5.58. The predicted octanol–water partition coefficient (Wildman–Crippen LogP) is 3.51. The number of aromatic nitrogens is 2. The second-order valence-corrected chi connectivity index (χ2v) is 9.24. The minimum Gasteiger partial charge on any atom is -0.299 e. The highest BCUT2D eigenvalue weighted by molar-refractivity contribution is 5.36. The van der Waals surface area contributed by atoms with E-state index in [0.717, 1.165) is 55.7 Å². The molecule has 32 heavy (non-hydrogen) atoms. The Kier molecular flexibility index (Phi) is 5.33. The van der Waals surface area contributed by atoms with Crippen LogP contribution >= 0.6 is 0 Å². The van der Waals surface area contributed by atoms with Crippen LogP contribution in [0.4, 0.5) is 4.39 Å². The van der Waals surface area contributed by atoms with Gasteiger partial charge in [-0.2, -0.15) is 0 Å². The van der Waals surface area contributed by atoms with Crippen molar-refractivity contribution in [2.45, 2.75) is 51.1 Å². The van der Waals surface area contributed by atoms with Gasteiger partial charge in [-0.1, -0.05) is 42.5 Å². The molecule has 5 nitrogen and oxygen atoms in total. The number of fused-ring (bicyclic) bond motifs is 2. The third-order valence-electron chi connectivity index (χ3n) is 7.41. The van der Waals surface area contributed by atoms with Crippen molar-refractivity contribution in [3.8, 4) is 0 Å². The normalized spacial score (nSPS) is 17.6. The molecule has 1 N–H and O–H groups in total. The van der Waals surface area contributed by atoms with E-state index in [-0.39, 0.29) is 23.3 Å². The van der Waals surface area contributed by atoms with Crippen molar-refractivity contribution in [3.63, 3.8) is 0 Å². The van der Waals surface area contributed by atoms with Crippen LogP contribution in [0.5, 0.6) is 0 Å². The number of H-pyrrole nitrogens is 1. The zero-order valence-electron chi connectivity index (χ0n) is 18.4. The molecular weight excluding hydrogens is 405 g/mol. The molecule has 2 aliphatic rings. The third kappa shape index (κ3) is 3.62. The summed E-state index contributed by atoms with van der Waals surface area (Å²) in [5, 5.41) is 0. The first kappa shape index (κ1) is 20.9. The number of hydrogen-bond donors (Lipinski definition) is 1. The van der Waals surface area contributed by atoms with Gasteiger partial charge in [-0.15, -0.1) is 0 Å². The van der Waals surface area contributed by atoms with Gasteiger partial charge >= 0.3 is 5.69 Å². The lowest BCUT2D eigenvalue weighted by Gasteiger charge is -2.39. The molecule has 1 aliphatic heterocycles. The number of rotatable bonds is 4. The largest absolute Gasteiger partial charge is 0.328 e. The maximum atomic E-state index is 14.5. The zero-order chi connectivity index (χ0) is 22.3. The summed E-state index contributed by atoms with van der Waals surface area (Å²) >= 11 is 0. The molecule has 0 saturated carbocycles. The third-order valence-corrected chi connectivity index (χ3v) is 7.41. The summed E-state index contributed by atoms with van der Waals surface area (Å²) in [6.45, 7) is 4.73. The standard InChI is InChI=1S/C26H28FN3O2/c1-18-6-5-9-21(27)20(18)17-30-22-10-11-26(23(22)24(31)28-25(30)32)12-14-29(15-13-26)16-19-7-3-2-4-8-19/h2-9H,10-17H2,1H3,(H,28,31,32). The van der Waals surface area contributed by atoms with Crippen LogP contribution in [-0.4, -0.2) is 27.5 Å². The summed E-state index contributed by atoms with van der Waals surface area (Å²) in [6.07, 6.45) is 3.34. The Balaban J connectivity index is 1.44. The van der Waals surface area contributed by atoms with Crippen LogP contribution in [0.1, 0.15) is 47.2 Å². The molecule has 1 aliphatic carbocycles. The first-order valence-electron chi connectivity index (χ1n) is 11.3. The molecule has 0 amide bonds. The monoisotopic (exact) mass is 433 g/mol. The fraction of sp³-hybridized carbons (Fsp3) is 0.385. The number of benzene rings is 2. The van der Waals surface area contributed by atoms with E-state index < -0.39 is 5.69 Å². The van der Waals surface area contributed by atoms with Crippen molar-refractivity contribution >= 4 is 0 Å². The van der Waals surface area contributed by atoms with E-state index in [0.29, 0.717) is 12.0 Å². The number of aromatic amines is 1. The minimum atomic E-state index is -0.449. The number of halogens is 1. The smallest absolute Gasteiger partial charge is 0.299 e. The van der Waals surface area contributed by atoms with Crippen LogP contribution < -0.4 is 11.2 Å². The summed E-state index contributed by atoms with van der Waals surface area (Å²) in [5.41, 5.74) is 3.23. The number of piperidine rings is 1. The number of aryl methyl sites for hydroxylation is 1. The Labute approximate surface area is 186 Å². The zero-order valence-corrected chi connectivity index (χ0v) is 18.4. The summed E-state index contributed by atoms with van der Waals surface area (Å²) in [7, 11) is 0. The van der Waals surface area contributed by atoms with Crippen LogP contribution in [-0.2, 0) is 24.9 Å². The SMILES string of the molecule is Cc1cccc(F)c1Cn1c2c(c(=O)[nH]c1=O)C1(CC2)CCN(Cc2ccccc2)CC1. The molecule has 1 fully saturated rings. The minimum absolute atomic E-state index is 0.146. The van der Waals surface area contributed by atoms with Crippen LogP contribution in [0.25, 0.3) is 0 Å². The van der Waals surface area contributed by atoms with Crippen LogP contribution in [0, 0.1) is 12.7 Å². The first-order chi connectivity index (χ1) is 15.5. The molecule has 0 radical (unpaired) electrons. The van der Waals surface area contributed by atoms with Crippen LogP contribution in [0.3, 0.4) is 0 Å². The summed E-state index contributed by atoms with van der Waals surface area (Å²) in [5.74, 6) is -0.321. The molecule has 1 aromatic heterocycles. The highest BCUT2D eigenvalue weighted by Crippen LogP contribution is 2.44. The number of nitrogens with zero attached hydrogens (tertiary/aromatic N) is 2. The second-order valence-electron chi connectivity index (χ2n) is 9.24. The second kappa shape index (κ2) is 8.17.